The highest BCUT2D eigenvalue weighted by molar-refractivity contribution is 6.31. The standard InChI is InChI=1S/C19H20ClFN2O/c20-17-10-4-3-9-16(17)18-11-2-1-5-12-23(18)19(24)22-15-8-6-7-14(21)13-15/h3-4,6-10,13,18H,1-2,5,11-12H2,(H,22,24)/t18-/m1/s1. The maximum absolute atomic E-state index is 13.3. The molecular formula is C19H20ClFN2O. The van der Waals surface area contributed by atoms with Crippen molar-refractivity contribution in [3.63, 3.8) is 0 Å². The highest BCUT2D eigenvalue weighted by Gasteiger charge is 2.28. The van der Waals surface area contributed by atoms with Crippen LogP contribution in [-0.4, -0.2) is 17.5 Å². The molecule has 24 heavy (non-hydrogen) atoms. The van der Waals surface area contributed by atoms with Crippen molar-refractivity contribution in [3.05, 3.63) is 64.9 Å². The normalized spacial score (nSPS) is 18.1. The molecule has 1 saturated heterocycles. The minimum absolute atomic E-state index is 0.0604. The monoisotopic (exact) mass is 346 g/mol. The summed E-state index contributed by atoms with van der Waals surface area (Å²) in [5.41, 5.74) is 1.43. The number of hydrogen-bond donors (Lipinski definition) is 1. The number of carbonyl (C=O) groups is 1. The number of likely N-dealkylation sites (tertiary alicyclic amines) is 1. The smallest absolute Gasteiger partial charge is 0.317 e. The van der Waals surface area contributed by atoms with E-state index in [4.69, 9.17) is 11.6 Å². The average Bonchev–Trinajstić information content (AvgIpc) is 2.81. The van der Waals surface area contributed by atoms with Crippen molar-refractivity contribution in [1.29, 1.82) is 0 Å². The van der Waals surface area contributed by atoms with Crippen LogP contribution >= 0.6 is 11.6 Å². The van der Waals surface area contributed by atoms with Crippen molar-refractivity contribution < 1.29 is 9.18 Å². The van der Waals surface area contributed by atoms with Gasteiger partial charge < -0.3 is 10.2 Å². The van der Waals surface area contributed by atoms with E-state index in [2.05, 4.69) is 5.32 Å². The fourth-order valence-electron chi connectivity index (χ4n) is 3.18. The molecule has 3 rings (SSSR count). The topological polar surface area (TPSA) is 32.3 Å². The van der Waals surface area contributed by atoms with Gasteiger partial charge >= 0.3 is 6.03 Å². The van der Waals surface area contributed by atoms with Crippen molar-refractivity contribution in [3.8, 4) is 0 Å². The molecule has 0 radical (unpaired) electrons. The summed E-state index contributed by atoms with van der Waals surface area (Å²) in [6.07, 6.45) is 3.97. The zero-order valence-electron chi connectivity index (χ0n) is 13.3. The second-order valence-electron chi connectivity index (χ2n) is 6.02. The van der Waals surface area contributed by atoms with E-state index >= 15 is 0 Å². The van der Waals surface area contributed by atoms with Crippen LogP contribution in [0.3, 0.4) is 0 Å². The number of halogens is 2. The molecule has 5 heteroatoms. The van der Waals surface area contributed by atoms with Crippen molar-refractivity contribution in [2.75, 3.05) is 11.9 Å². The van der Waals surface area contributed by atoms with Crippen molar-refractivity contribution >= 4 is 23.3 Å². The molecule has 1 N–H and O–H groups in total. The Balaban J connectivity index is 1.84. The first kappa shape index (κ1) is 16.8. The van der Waals surface area contributed by atoms with Gasteiger partial charge in [0, 0.05) is 17.3 Å². The van der Waals surface area contributed by atoms with Crippen LogP contribution in [0, 0.1) is 5.82 Å². The summed E-state index contributed by atoms with van der Waals surface area (Å²) >= 11 is 6.35. The molecule has 0 bridgehead atoms. The lowest BCUT2D eigenvalue weighted by molar-refractivity contribution is 0.189. The summed E-state index contributed by atoms with van der Waals surface area (Å²) in [4.78, 5) is 14.6. The Kier molecular flexibility index (Phi) is 5.36. The first-order valence-corrected chi connectivity index (χ1v) is 8.60. The summed E-state index contributed by atoms with van der Waals surface area (Å²) in [6, 6.07) is 13.3. The molecular weight excluding hydrogens is 327 g/mol. The van der Waals surface area contributed by atoms with Gasteiger partial charge in [0.15, 0.2) is 0 Å². The Hall–Kier alpha value is -2.07. The van der Waals surface area contributed by atoms with Gasteiger partial charge in [-0.3, -0.25) is 0 Å². The number of carbonyl (C=O) groups excluding carboxylic acids is 1. The molecule has 126 valence electrons. The van der Waals surface area contributed by atoms with Gasteiger partial charge in [0.1, 0.15) is 5.82 Å². The van der Waals surface area contributed by atoms with Gasteiger partial charge in [-0.2, -0.15) is 0 Å². The third-order valence-corrected chi connectivity index (χ3v) is 4.70. The second-order valence-corrected chi connectivity index (χ2v) is 6.43. The van der Waals surface area contributed by atoms with E-state index in [9.17, 15) is 9.18 Å². The van der Waals surface area contributed by atoms with Gasteiger partial charge in [-0.25, -0.2) is 9.18 Å². The lowest BCUT2D eigenvalue weighted by Crippen LogP contribution is -2.38. The summed E-state index contributed by atoms with van der Waals surface area (Å²) in [6.45, 7) is 0.664. The Morgan fingerprint density at radius 1 is 1.12 bits per heavy atom. The summed E-state index contributed by atoms with van der Waals surface area (Å²) in [7, 11) is 0. The molecule has 0 unspecified atom stereocenters. The van der Waals surface area contributed by atoms with Crippen molar-refractivity contribution in [2.45, 2.75) is 31.7 Å². The van der Waals surface area contributed by atoms with Crippen LogP contribution in [0.5, 0.6) is 0 Å². The zero-order valence-corrected chi connectivity index (χ0v) is 14.1. The largest absolute Gasteiger partial charge is 0.322 e. The number of urea groups is 1. The Labute approximate surface area is 146 Å². The van der Waals surface area contributed by atoms with Crippen molar-refractivity contribution in [2.24, 2.45) is 0 Å². The number of nitrogens with zero attached hydrogens (tertiary/aromatic N) is 1. The summed E-state index contributed by atoms with van der Waals surface area (Å²) < 4.78 is 13.3. The molecule has 3 nitrogen and oxygen atoms in total. The Bertz CT molecular complexity index is 722. The van der Waals surface area contributed by atoms with E-state index in [0.717, 1.165) is 31.2 Å². The average molecular weight is 347 g/mol. The van der Waals surface area contributed by atoms with E-state index in [-0.39, 0.29) is 17.9 Å². The number of amides is 2. The third-order valence-electron chi connectivity index (χ3n) is 4.35. The fourth-order valence-corrected chi connectivity index (χ4v) is 3.44. The molecule has 0 spiro atoms. The van der Waals surface area contributed by atoms with Crippen LogP contribution in [0.1, 0.15) is 37.3 Å². The van der Waals surface area contributed by atoms with Gasteiger partial charge in [0.25, 0.3) is 0 Å². The van der Waals surface area contributed by atoms with Gasteiger partial charge in [0.05, 0.1) is 6.04 Å². The van der Waals surface area contributed by atoms with Crippen LogP contribution in [0.25, 0.3) is 0 Å². The predicted octanol–water partition coefficient (Wildman–Crippen LogP) is 5.63. The summed E-state index contributed by atoms with van der Waals surface area (Å²) in [5, 5.41) is 3.48. The van der Waals surface area contributed by atoms with E-state index in [1.54, 1.807) is 12.1 Å². The van der Waals surface area contributed by atoms with E-state index in [0.29, 0.717) is 17.3 Å². The lowest BCUT2D eigenvalue weighted by atomic mass is 10.0. The predicted molar refractivity (Wildman–Crippen MR) is 94.8 cm³/mol. The molecule has 2 amide bonds. The van der Waals surface area contributed by atoms with Gasteiger partial charge in [-0.1, -0.05) is 48.7 Å². The van der Waals surface area contributed by atoms with Crippen LogP contribution in [0.2, 0.25) is 5.02 Å². The second kappa shape index (κ2) is 7.67. The minimum atomic E-state index is -0.369. The maximum Gasteiger partial charge on any atom is 0.322 e. The first-order valence-electron chi connectivity index (χ1n) is 8.23. The molecule has 1 aliphatic rings. The molecule has 0 aliphatic carbocycles. The van der Waals surface area contributed by atoms with Gasteiger partial charge in [0.2, 0.25) is 0 Å². The van der Waals surface area contributed by atoms with Crippen LogP contribution in [-0.2, 0) is 0 Å². The summed E-state index contributed by atoms with van der Waals surface area (Å²) in [5.74, 6) is -0.369. The molecule has 1 aliphatic heterocycles. The van der Waals surface area contributed by atoms with E-state index < -0.39 is 0 Å². The van der Waals surface area contributed by atoms with E-state index in [1.165, 1.54) is 12.1 Å². The highest BCUT2D eigenvalue weighted by Crippen LogP contribution is 2.34. The molecule has 2 aromatic rings. The minimum Gasteiger partial charge on any atom is -0.317 e. The number of benzene rings is 2. The Morgan fingerprint density at radius 3 is 2.75 bits per heavy atom. The van der Waals surface area contributed by atoms with Crippen molar-refractivity contribution in [1.82, 2.24) is 4.90 Å². The van der Waals surface area contributed by atoms with Crippen LogP contribution in [0.15, 0.2) is 48.5 Å². The Morgan fingerprint density at radius 2 is 1.96 bits per heavy atom. The zero-order chi connectivity index (χ0) is 16.9. The van der Waals surface area contributed by atoms with Crippen LogP contribution < -0.4 is 5.32 Å². The van der Waals surface area contributed by atoms with Gasteiger partial charge in [-0.15, -0.1) is 0 Å². The van der Waals surface area contributed by atoms with Crippen LogP contribution in [0.4, 0.5) is 14.9 Å². The quantitative estimate of drug-likeness (QED) is 0.751. The lowest BCUT2D eigenvalue weighted by Gasteiger charge is -2.31. The molecule has 0 saturated carbocycles. The molecule has 2 aromatic carbocycles. The molecule has 1 fully saturated rings. The molecule has 1 heterocycles. The van der Waals surface area contributed by atoms with Gasteiger partial charge in [-0.05, 0) is 42.7 Å². The number of hydrogen-bond acceptors (Lipinski definition) is 1. The number of nitrogens with one attached hydrogen (secondary N) is 1. The molecule has 1 atom stereocenters. The SMILES string of the molecule is O=C(Nc1cccc(F)c1)N1CCCCC[C@@H]1c1ccccc1Cl. The fraction of sp³-hybridized carbons (Fsp3) is 0.316. The number of rotatable bonds is 2. The highest BCUT2D eigenvalue weighted by atomic mass is 35.5. The first-order chi connectivity index (χ1) is 11.6. The third kappa shape index (κ3) is 3.88. The maximum atomic E-state index is 13.3. The van der Waals surface area contributed by atoms with E-state index in [1.807, 2.05) is 29.2 Å². The molecule has 0 aromatic heterocycles. The number of anilines is 1.